The van der Waals surface area contributed by atoms with Crippen LogP contribution in [0.25, 0.3) is 0 Å². The van der Waals surface area contributed by atoms with Gasteiger partial charge in [-0.1, -0.05) is 12.1 Å². The fourth-order valence-electron chi connectivity index (χ4n) is 1.51. The highest BCUT2D eigenvalue weighted by molar-refractivity contribution is 5.86. The van der Waals surface area contributed by atoms with Gasteiger partial charge in [0.2, 0.25) is 6.41 Å². The predicted octanol–water partition coefficient (Wildman–Crippen LogP) is -0.104. The number of fused-ring (bicyclic) bond motifs is 1. The molecule has 0 bridgehead atoms. The summed E-state index contributed by atoms with van der Waals surface area (Å²) in [7, 11) is 0. The van der Waals surface area contributed by atoms with E-state index in [4.69, 9.17) is 10.5 Å². The van der Waals surface area contributed by atoms with Crippen LogP contribution in [0.1, 0.15) is 0 Å². The molecule has 5 heteroatoms. The average Bonchev–Trinajstić information content (AvgIpc) is 2.27. The Morgan fingerprint density at radius 3 is 2.93 bits per heavy atom. The molecule has 1 unspecified atom stereocenters. The Morgan fingerprint density at radius 1 is 1.53 bits per heavy atom. The van der Waals surface area contributed by atoms with Crippen molar-refractivity contribution in [2.45, 2.75) is 6.10 Å². The van der Waals surface area contributed by atoms with E-state index in [2.05, 4.69) is 0 Å². The van der Waals surface area contributed by atoms with Crippen LogP contribution in [-0.2, 0) is 9.59 Å². The minimum atomic E-state index is -0.773. The van der Waals surface area contributed by atoms with Gasteiger partial charge in [-0.05, 0) is 12.1 Å². The molecular weight excluding hydrogens is 196 g/mol. The van der Waals surface area contributed by atoms with Gasteiger partial charge in [0.15, 0.2) is 6.10 Å². The Balaban J connectivity index is 2.38. The Kier molecular flexibility index (Phi) is 2.29. The van der Waals surface area contributed by atoms with Crippen molar-refractivity contribution in [3.63, 3.8) is 0 Å². The number of para-hydroxylation sites is 2. The molecule has 0 fully saturated rings. The first kappa shape index (κ1) is 9.51. The second-order valence-electron chi connectivity index (χ2n) is 3.23. The highest BCUT2D eigenvalue weighted by Gasteiger charge is 2.28. The van der Waals surface area contributed by atoms with Crippen molar-refractivity contribution in [1.82, 2.24) is 0 Å². The number of carbonyl (C=O) groups excluding carboxylic acids is 2. The van der Waals surface area contributed by atoms with Gasteiger partial charge in [-0.15, -0.1) is 0 Å². The minimum absolute atomic E-state index is 0.163. The number of hydrogen-bond acceptors (Lipinski definition) is 3. The molecule has 0 radical (unpaired) electrons. The number of ether oxygens (including phenoxy) is 1. The third kappa shape index (κ3) is 1.63. The molecule has 0 spiro atoms. The number of primary amides is 1. The topological polar surface area (TPSA) is 72.6 Å². The zero-order valence-corrected chi connectivity index (χ0v) is 7.92. The maximum Gasteiger partial charge on any atom is 0.260 e. The summed E-state index contributed by atoms with van der Waals surface area (Å²) in [6.45, 7) is 0.163. The number of rotatable bonds is 2. The van der Waals surface area contributed by atoms with Crippen molar-refractivity contribution in [3.8, 4) is 5.75 Å². The van der Waals surface area contributed by atoms with Crippen molar-refractivity contribution >= 4 is 18.0 Å². The van der Waals surface area contributed by atoms with Gasteiger partial charge in [-0.3, -0.25) is 9.59 Å². The summed E-state index contributed by atoms with van der Waals surface area (Å²) in [5.74, 6) is -0.0731. The molecule has 0 saturated heterocycles. The summed E-state index contributed by atoms with van der Waals surface area (Å²) in [6, 6.07) is 7.01. The van der Waals surface area contributed by atoms with Crippen LogP contribution in [0, 0.1) is 0 Å². The largest absolute Gasteiger partial charge is 0.477 e. The molecule has 1 aliphatic rings. The molecule has 0 aliphatic carbocycles. The second kappa shape index (κ2) is 3.61. The van der Waals surface area contributed by atoms with E-state index >= 15 is 0 Å². The van der Waals surface area contributed by atoms with Gasteiger partial charge >= 0.3 is 0 Å². The lowest BCUT2D eigenvalue weighted by Crippen LogP contribution is -2.46. The average molecular weight is 206 g/mol. The summed E-state index contributed by atoms with van der Waals surface area (Å²) in [6.07, 6.45) is -0.109. The number of benzene rings is 1. The van der Waals surface area contributed by atoms with Crippen molar-refractivity contribution in [3.05, 3.63) is 24.3 Å². The first-order chi connectivity index (χ1) is 7.22. The number of carbonyl (C=O) groups is 2. The maximum absolute atomic E-state index is 11.0. The van der Waals surface area contributed by atoms with Gasteiger partial charge in [0.1, 0.15) is 5.75 Å². The summed E-state index contributed by atoms with van der Waals surface area (Å²) in [5.41, 5.74) is 5.79. The van der Waals surface area contributed by atoms with E-state index in [9.17, 15) is 9.59 Å². The van der Waals surface area contributed by atoms with Gasteiger partial charge < -0.3 is 15.4 Å². The molecule has 1 aromatic carbocycles. The lowest BCUT2D eigenvalue weighted by atomic mass is 10.2. The number of amides is 2. The van der Waals surface area contributed by atoms with Crippen LogP contribution in [0.3, 0.4) is 0 Å². The van der Waals surface area contributed by atoms with Crippen LogP contribution in [0.2, 0.25) is 0 Å². The molecule has 2 amide bonds. The lowest BCUT2D eigenvalue weighted by molar-refractivity contribution is -0.124. The first-order valence-corrected chi connectivity index (χ1v) is 4.49. The molecule has 15 heavy (non-hydrogen) atoms. The van der Waals surface area contributed by atoms with E-state index in [1.807, 2.05) is 0 Å². The van der Waals surface area contributed by atoms with E-state index in [0.717, 1.165) is 0 Å². The highest BCUT2D eigenvalue weighted by Crippen LogP contribution is 2.31. The highest BCUT2D eigenvalue weighted by atomic mass is 16.5. The van der Waals surface area contributed by atoms with Gasteiger partial charge in [0, 0.05) is 0 Å². The molecule has 1 aromatic rings. The van der Waals surface area contributed by atoms with E-state index < -0.39 is 12.0 Å². The van der Waals surface area contributed by atoms with Gasteiger partial charge in [-0.2, -0.15) is 0 Å². The van der Waals surface area contributed by atoms with E-state index in [1.54, 1.807) is 24.3 Å². The Morgan fingerprint density at radius 2 is 2.27 bits per heavy atom. The SMILES string of the molecule is NC(=O)C1CN(C=O)c2ccccc2O1. The summed E-state index contributed by atoms with van der Waals surface area (Å²) in [5, 5.41) is 0. The lowest BCUT2D eigenvalue weighted by Gasteiger charge is -2.30. The van der Waals surface area contributed by atoms with Crippen molar-refractivity contribution in [1.29, 1.82) is 0 Å². The third-order valence-electron chi connectivity index (χ3n) is 2.25. The van der Waals surface area contributed by atoms with E-state index in [1.165, 1.54) is 4.90 Å². The fraction of sp³-hybridized carbons (Fsp3) is 0.200. The Hall–Kier alpha value is -2.04. The standard InChI is InChI=1S/C10H10N2O3/c11-10(14)9-5-12(6-13)7-3-1-2-4-8(7)15-9/h1-4,6,9H,5H2,(H2,11,14). The van der Waals surface area contributed by atoms with Crippen LogP contribution < -0.4 is 15.4 Å². The van der Waals surface area contributed by atoms with Crippen molar-refractivity contribution in [2.75, 3.05) is 11.4 Å². The maximum atomic E-state index is 11.0. The molecule has 78 valence electrons. The molecule has 2 rings (SSSR count). The van der Waals surface area contributed by atoms with E-state index in [-0.39, 0.29) is 6.54 Å². The molecule has 0 aromatic heterocycles. The number of nitrogens with zero attached hydrogens (tertiary/aromatic N) is 1. The van der Waals surface area contributed by atoms with E-state index in [0.29, 0.717) is 17.8 Å². The molecule has 0 saturated carbocycles. The number of anilines is 1. The van der Waals surface area contributed by atoms with Gasteiger partial charge in [0.05, 0.1) is 12.2 Å². The number of hydrogen-bond donors (Lipinski definition) is 1. The van der Waals surface area contributed by atoms with Crippen LogP contribution >= 0.6 is 0 Å². The molecule has 5 nitrogen and oxygen atoms in total. The molecule has 1 aliphatic heterocycles. The molecule has 1 heterocycles. The normalized spacial score (nSPS) is 18.9. The van der Waals surface area contributed by atoms with Crippen LogP contribution in [0.5, 0.6) is 5.75 Å². The summed E-state index contributed by atoms with van der Waals surface area (Å²) in [4.78, 5) is 23.2. The zero-order chi connectivity index (χ0) is 10.8. The fourth-order valence-corrected chi connectivity index (χ4v) is 1.51. The Labute approximate surface area is 86.4 Å². The molecule has 1 atom stereocenters. The van der Waals surface area contributed by atoms with Crippen LogP contribution in [0.4, 0.5) is 5.69 Å². The Bertz CT molecular complexity index is 405. The quantitative estimate of drug-likeness (QED) is 0.686. The zero-order valence-electron chi connectivity index (χ0n) is 7.92. The van der Waals surface area contributed by atoms with Gasteiger partial charge in [-0.25, -0.2) is 0 Å². The predicted molar refractivity (Wildman–Crippen MR) is 53.5 cm³/mol. The third-order valence-corrected chi connectivity index (χ3v) is 2.25. The van der Waals surface area contributed by atoms with Crippen LogP contribution in [-0.4, -0.2) is 25.0 Å². The van der Waals surface area contributed by atoms with Gasteiger partial charge in [0.25, 0.3) is 5.91 Å². The first-order valence-electron chi connectivity index (χ1n) is 4.49. The van der Waals surface area contributed by atoms with Crippen molar-refractivity contribution < 1.29 is 14.3 Å². The minimum Gasteiger partial charge on any atom is -0.477 e. The smallest absolute Gasteiger partial charge is 0.260 e. The van der Waals surface area contributed by atoms with Crippen LogP contribution in [0.15, 0.2) is 24.3 Å². The summed E-state index contributed by atoms with van der Waals surface area (Å²) >= 11 is 0. The monoisotopic (exact) mass is 206 g/mol. The van der Waals surface area contributed by atoms with Crippen molar-refractivity contribution in [2.24, 2.45) is 5.73 Å². The summed E-state index contributed by atoms with van der Waals surface area (Å²) < 4.78 is 5.35. The second-order valence-corrected chi connectivity index (χ2v) is 3.23. The number of nitrogens with two attached hydrogens (primary N) is 1. The molecule has 2 N–H and O–H groups in total. The molecular formula is C10H10N2O3.